The van der Waals surface area contributed by atoms with Crippen LogP contribution in [0.15, 0.2) is 28.8 Å². The molecule has 0 bridgehead atoms. The molecular formula is C15H16F3N3O. The van der Waals surface area contributed by atoms with Gasteiger partial charge >= 0.3 is 12.1 Å². The number of likely N-dealkylation sites (tertiary alicyclic amines) is 1. The summed E-state index contributed by atoms with van der Waals surface area (Å²) >= 11 is 0. The van der Waals surface area contributed by atoms with Crippen LogP contribution in [0.4, 0.5) is 13.2 Å². The second kappa shape index (κ2) is 5.72. The van der Waals surface area contributed by atoms with Crippen molar-refractivity contribution in [3.8, 4) is 11.4 Å². The number of hydrogen-bond acceptors (Lipinski definition) is 4. The van der Waals surface area contributed by atoms with Gasteiger partial charge in [-0.05, 0) is 31.9 Å². The standard InChI is InChI=1S/C15H16F3N3O/c1-10-3-2-8-21(10)9-11-4-6-12(7-5-11)13-19-14(22-20-13)15(16,17)18/h4-7,10H,2-3,8-9H2,1H3. The highest BCUT2D eigenvalue weighted by Gasteiger charge is 2.38. The molecule has 22 heavy (non-hydrogen) atoms. The van der Waals surface area contributed by atoms with Gasteiger partial charge in [-0.1, -0.05) is 29.4 Å². The fourth-order valence-corrected chi connectivity index (χ4v) is 2.68. The first kappa shape index (κ1) is 15.0. The minimum absolute atomic E-state index is 0.0478. The number of alkyl halides is 3. The zero-order chi connectivity index (χ0) is 15.7. The third-order valence-electron chi connectivity index (χ3n) is 3.96. The van der Waals surface area contributed by atoms with Gasteiger partial charge in [0.1, 0.15) is 0 Å². The molecule has 1 aliphatic rings. The monoisotopic (exact) mass is 311 g/mol. The van der Waals surface area contributed by atoms with E-state index in [0.29, 0.717) is 11.6 Å². The molecule has 4 nitrogen and oxygen atoms in total. The summed E-state index contributed by atoms with van der Waals surface area (Å²) in [6.45, 7) is 4.14. The maximum absolute atomic E-state index is 12.4. The summed E-state index contributed by atoms with van der Waals surface area (Å²) in [5.41, 5.74) is 1.63. The van der Waals surface area contributed by atoms with Gasteiger partial charge in [-0.2, -0.15) is 18.2 Å². The first-order valence-electron chi connectivity index (χ1n) is 7.18. The van der Waals surface area contributed by atoms with Crippen molar-refractivity contribution in [1.82, 2.24) is 15.0 Å². The van der Waals surface area contributed by atoms with Crippen molar-refractivity contribution >= 4 is 0 Å². The van der Waals surface area contributed by atoms with E-state index in [4.69, 9.17) is 0 Å². The summed E-state index contributed by atoms with van der Waals surface area (Å²) in [6.07, 6.45) is -2.19. The largest absolute Gasteiger partial charge is 0.471 e. The van der Waals surface area contributed by atoms with Crippen LogP contribution in [0.2, 0.25) is 0 Å². The number of nitrogens with zero attached hydrogens (tertiary/aromatic N) is 3. The van der Waals surface area contributed by atoms with Crippen LogP contribution >= 0.6 is 0 Å². The zero-order valence-corrected chi connectivity index (χ0v) is 12.1. The van der Waals surface area contributed by atoms with E-state index in [9.17, 15) is 13.2 Å². The maximum Gasteiger partial charge on any atom is 0.471 e. The Kier molecular flexibility index (Phi) is 3.90. The highest BCUT2D eigenvalue weighted by Crippen LogP contribution is 2.29. The molecule has 1 aliphatic heterocycles. The Bertz CT molecular complexity index is 636. The molecule has 0 saturated carbocycles. The van der Waals surface area contributed by atoms with Crippen LogP contribution in [0, 0.1) is 0 Å². The van der Waals surface area contributed by atoms with Crippen molar-refractivity contribution in [2.75, 3.05) is 6.54 Å². The van der Waals surface area contributed by atoms with E-state index in [2.05, 4.69) is 26.5 Å². The van der Waals surface area contributed by atoms with E-state index in [0.717, 1.165) is 18.7 Å². The topological polar surface area (TPSA) is 42.2 Å². The average molecular weight is 311 g/mol. The summed E-state index contributed by atoms with van der Waals surface area (Å²) in [6, 6.07) is 7.81. The molecule has 0 aliphatic carbocycles. The molecular weight excluding hydrogens is 295 g/mol. The first-order chi connectivity index (χ1) is 10.4. The van der Waals surface area contributed by atoms with Gasteiger partial charge in [-0.15, -0.1) is 0 Å². The number of aromatic nitrogens is 2. The van der Waals surface area contributed by atoms with E-state index >= 15 is 0 Å². The second-order valence-corrected chi connectivity index (χ2v) is 5.58. The summed E-state index contributed by atoms with van der Waals surface area (Å²) in [7, 11) is 0. The quantitative estimate of drug-likeness (QED) is 0.866. The second-order valence-electron chi connectivity index (χ2n) is 5.58. The Morgan fingerprint density at radius 3 is 2.55 bits per heavy atom. The third-order valence-corrected chi connectivity index (χ3v) is 3.96. The molecule has 0 radical (unpaired) electrons. The Hall–Kier alpha value is -1.89. The molecule has 0 spiro atoms. The molecule has 1 aromatic heterocycles. The Morgan fingerprint density at radius 1 is 1.27 bits per heavy atom. The van der Waals surface area contributed by atoms with E-state index < -0.39 is 12.1 Å². The van der Waals surface area contributed by atoms with Crippen molar-refractivity contribution in [1.29, 1.82) is 0 Å². The third kappa shape index (κ3) is 3.14. The molecule has 1 fully saturated rings. The minimum Gasteiger partial charge on any atom is -0.329 e. The van der Waals surface area contributed by atoms with Gasteiger partial charge in [0.05, 0.1) is 0 Å². The molecule has 1 atom stereocenters. The van der Waals surface area contributed by atoms with Crippen LogP contribution in [0.25, 0.3) is 11.4 Å². The molecule has 1 aromatic carbocycles. The lowest BCUT2D eigenvalue weighted by Crippen LogP contribution is -2.26. The van der Waals surface area contributed by atoms with E-state index in [1.165, 1.54) is 12.8 Å². The van der Waals surface area contributed by atoms with E-state index in [1.807, 2.05) is 12.1 Å². The Labute approximate surface area is 125 Å². The molecule has 118 valence electrons. The van der Waals surface area contributed by atoms with Crippen LogP contribution in [-0.4, -0.2) is 27.6 Å². The Balaban J connectivity index is 1.72. The lowest BCUT2D eigenvalue weighted by molar-refractivity contribution is -0.159. The molecule has 0 amide bonds. The van der Waals surface area contributed by atoms with Gasteiger partial charge in [0.15, 0.2) is 0 Å². The smallest absolute Gasteiger partial charge is 0.329 e. The van der Waals surface area contributed by atoms with Crippen molar-refractivity contribution in [2.24, 2.45) is 0 Å². The van der Waals surface area contributed by atoms with Crippen LogP contribution in [0.3, 0.4) is 0 Å². The van der Waals surface area contributed by atoms with E-state index in [-0.39, 0.29) is 5.82 Å². The fraction of sp³-hybridized carbons (Fsp3) is 0.467. The van der Waals surface area contributed by atoms with Gasteiger partial charge in [0.2, 0.25) is 5.82 Å². The van der Waals surface area contributed by atoms with E-state index in [1.54, 1.807) is 12.1 Å². The Morgan fingerprint density at radius 2 is 2.00 bits per heavy atom. The lowest BCUT2D eigenvalue weighted by Gasteiger charge is -2.20. The molecule has 7 heteroatoms. The van der Waals surface area contributed by atoms with Gasteiger partial charge in [-0.25, -0.2) is 0 Å². The van der Waals surface area contributed by atoms with Crippen molar-refractivity contribution < 1.29 is 17.7 Å². The summed E-state index contributed by atoms with van der Waals surface area (Å²) in [4.78, 5) is 5.78. The lowest BCUT2D eigenvalue weighted by atomic mass is 10.1. The van der Waals surface area contributed by atoms with Gasteiger partial charge in [0.25, 0.3) is 0 Å². The summed E-state index contributed by atoms with van der Waals surface area (Å²) in [5.74, 6) is -1.37. The highest BCUT2D eigenvalue weighted by molar-refractivity contribution is 5.54. The minimum atomic E-state index is -4.61. The van der Waals surface area contributed by atoms with Crippen LogP contribution in [-0.2, 0) is 12.7 Å². The van der Waals surface area contributed by atoms with Crippen LogP contribution in [0.1, 0.15) is 31.2 Å². The summed E-state index contributed by atoms with van der Waals surface area (Å²) < 4.78 is 41.6. The van der Waals surface area contributed by atoms with Crippen molar-refractivity contribution in [2.45, 2.75) is 38.5 Å². The zero-order valence-electron chi connectivity index (χ0n) is 12.1. The average Bonchev–Trinajstić information content (AvgIpc) is 3.09. The number of hydrogen-bond donors (Lipinski definition) is 0. The predicted molar refractivity (Wildman–Crippen MR) is 73.8 cm³/mol. The van der Waals surface area contributed by atoms with Gasteiger partial charge in [0, 0.05) is 18.2 Å². The van der Waals surface area contributed by atoms with Crippen molar-refractivity contribution in [3.63, 3.8) is 0 Å². The highest BCUT2D eigenvalue weighted by atomic mass is 19.4. The SMILES string of the molecule is CC1CCCN1Cc1ccc(-c2noc(C(F)(F)F)n2)cc1. The first-order valence-corrected chi connectivity index (χ1v) is 7.18. The molecule has 1 saturated heterocycles. The van der Waals surface area contributed by atoms with Crippen molar-refractivity contribution in [3.05, 3.63) is 35.7 Å². The number of benzene rings is 1. The molecule has 3 rings (SSSR count). The predicted octanol–water partition coefficient (Wildman–Crippen LogP) is 3.74. The summed E-state index contributed by atoms with van der Waals surface area (Å²) in [5, 5.41) is 3.38. The molecule has 0 N–H and O–H groups in total. The van der Waals surface area contributed by atoms with Gasteiger partial charge in [-0.3, -0.25) is 4.90 Å². The van der Waals surface area contributed by atoms with Gasteiger partial charge < -0.3 is 4.52 Å². The number of rotatable bonds is 3. The molecule has 2 heterocycles. The van der Waals surface area contributed by atoms with Crippen LogP contribution < -0.4 is 0 Å². The maximum atomic E-state index is 12.4. The number of halogens is 3. The van der Waals surface area contributed by atoms with Crippen LogP contribution in [0.5, 0.6) is 0 Å². The normalized spacial score (nSPS) is 19.7. The molecule has 1 unspecified atom stereocenters. The molecule has 2 aromatic rings. The fourth-order valence-electron chi connectivity index (χ4n) is 2.68.